The predicted octanol–water partition coefficient (Wildman–Crippen LogP) is 2.32. The van der Waals surface area contributed by atoms with Gasteiger partial charge in [0.15, 0.2) is 0 Å². The molecule has 132 valence electrons. The van der Waals surface area contributed by atoms with Crippen LogP contribution in [0.4, 0.5) is 0 Å². The van der Waals surface area contributed by atoms with E-state index in [9.17, 15) is 9.59 Å². The van der Waals surface area contributed by atoms with Crippen LogP contribution in [-0.4, -0.2) is 37.9 Å². The van der Waals surface area contributed by atoms with E-state index in [4.69, 9.17) is 0 Å². The monoisotopic (exact) mass is 340 g/mol. The molecule has 0 aromatic carbocycles. The molecule has 3 heterocycles. The Morgan fingerprint density at radius 3 is 2.88 bits per heavy atom. The number of aromatic amines is 1. The van der Waals surface area contributed by atoms with Crippen molar-refractivity contribution < 1.29 is 4.79 Å². The third-order valence-corrected chi connectivity index (χ3v) is 5.34. The summed E-state index contributed by atoms with van der Waals surface area (Å²) in [7, 11) is 0. The lowest BCUT2D eigenvalue weighted by atomic mass is 10.1. The number of hydrogen-bond donors (Lipinski definition) is 1. The van der Waals surface area contributed by atoms with Crippen LogP contribution in [0, 0.1) is 0 Å². The van der Waals surface area contributed by atoms with Gasteiger partial charge in [-0.15, -0.1) is 0 Å². The number of pyridine rings is 1. The molecule has 25 heavy (non-hydrogen) atoms. The van der Waals surface area contributed by atoms with E-state index in [0.29, 0.717) is 12.5 Å². The molecular formula is C19H24N4O2. The van der Waals surface area contributed by atoms with Gasteiger partial charge in [0, 0.05) is 37.6 Å². The van der Waals surface area contributed by atoms with E-state index in [1.165, 1.54) is 0 Å². The standard InChI is InChI=1S/C19H24N4O2/c1-2-17-20-9-11-22(17)12-14-4-3-10-23(14)19(25)15-7-8-16(13-5-6-13)21-18(15)24/h7-9,11,13-14H,2-6,10,12H2,1H3,(H,21,24)/t14-/m1/s1. The van der Waals surface area contributed by atoms with Crippen LogP contribution in [0.2, 0.25) is 0 Å². The molecule has 1 atom stereocenters. The largest absolute Gasteiger partial charge is 0.334 e. The smallest absolute Gasteiger partial charge is 0.261 e. The lowest BCUT2D eigenvalue weighted by Crippen LogP contribution is -2.40. The number of aryl methyl sites for hydroxylation is 1. The molecular weight excluding hydrogens is 316 g/mol. The van der Waals surface area contributed by atoms with Crippen LogP contribution in [-0.2, 0) is 13.0 Å². The number of aromatic nitrogens is 3. The van der Waals surface area contributed by atoms with Gasteiger partial charge in [0.2, 0.25) is 0 Å². The average Bonchev–Trinajstić information content (AvgIpc) is 3.20. The first-order valence-electron chi connectivity index (χ1n) is 9.21. The molecule has 1 aliphatic heterocycles. The maximum absolute atomic E-state index is 12.9. The van der Waals surface area contributed by atoms with Crippen molar-refractivity contribution >= 4 is 5.91 Å². The summed E-state index contributed by atoms with van der Waals surface area (Å²) in [5, 5.41) is 0. The van der Waals surface area contributed by atoms with E-state index in [1.54, 1.807) is 12.3 Å². The minimum Gasteiger partial charge on any atom is -0.334 e. The normalized spacial score (nSPS) is 20.2. The number of imidazole rings is 1. The molecule has 2 aliphatic rings. The molecule has 1 N–H and O–H groups in total. The third-order valence-electron chi connectivity index (χ3n) is 5.34. The Hall–Kier alpha value is -2.37. The number of hydrogen-bond acceptors (Lipinski definition) is 3. The topological polar surface area (TPSA) is 71.0 Å². The van der Waals surface area contributed by atoms with Crippen molar-refractivity contribution in [2.45, 2.75) is 57.5 Å². The molecule has 1 aliphatic carbocycles. The van der Waals surface area contributed by atoms with Crippen molar-refractivity contribution in [3.63, 3.8) is 0 Å². The lowest BCUT2D eigenvalue weighted by molar-refractivity contribution is 0.0721. The Morgan fingerprint density at radius 1 is 1.32 bits per heavy atom. The predicted molar refractivity (Wildman–Crippen MR) is 94.7 cm³/mol. The van der Waals surface area contributed by atoms with Crippen LogP contribution in [0.3, 0.4) is 0 Å². The molecule has 1 saturated heterocycles. The van der Waals surface area contributed by atoms with Crippen LogP contribution in [0.15, 0.2) is 29.3 Å². The summed E-state index contributed by atoms with van der Waals surface area (Å²) >= 11 is 0. The molecule has 6 nitrogen and oxygen atoms in total. The number of rotatable bonds is 5. The van der Waals surface area contributed by atoms with E-state index >= 15 is 0 Å². The number of nitrogens with one attached hydrogen (secondary N) is 1. The van der Waals surface area contributed by atoms with Gasteiger partial charge in [-0.2, -0.15) is 0 Å². The SMILES string of the molecule is CCc1nccn1C[C@H]1CCCN1C(=O)c1ccc(C2CC2)[nH]c1=O. The lowest BCUT2D eigenvalue weighted by Gasteiger charge is -2.25. The average molecular weight is 340 g/mol. The summed E-state index contributed by atoms with van der Waals surface area (Å²) in [4.78, 5) is 34.4. The summed E-state index contributed by atoms with van der Waals surface area (Å²) in [5.41, 5.74) is 0.972. The van der Waals surface area contributed by atoms with Gasteiger partial charge in [-0.05, 0) is 43.7 Å². The quantitative estimate of drug-likeness (QED) is 0.908. The fourth-order valence-corrected chi connectivity index (χ4v) is 3.79. The van der Waals surface area contributed by atoms with Gasteiger partial charge in [-0.25, -0.2) is 4.98 Å². The number of likely N-dealkylation sites (tertiary alicyclic amines) is 1. The van der Waals surface area contributed by atoms with Crippen molar-refractivity contribution in [1.29, 1.82) is 0 Å². The minimum absolute atomic E-state index is 0.120. The molecule has 0 radical (unpaired) electrons. The first-order chi connectivity index (χ1) is 12.2. The van der Waals surface area contributed by atoms with Gasteiger partial charge in [-0.3, -0.25) is 9.59 Å². The molecule has 0 bridgehead atoms. The fourth-order valence-electron chi connectivity index (χ4n) is 3.79. The Balaban J connectivity index is 1.53. The summed E-state index contributed by atoms with van der Waals surface area (Å²) < 4.78 is 2.12. The Bertz CT molecular complexity index is 834. The second-order valence-electron chi connectivity index (χ2n) is 7.07. The molecule has 2 aromatic rings. The van der Waals surface area contributed by atoms with Crippen LogP contribution < -0.4 is 5.56 Å². The second kappa shape index (κ2) is 6.50. The second-order valence-corrected chi connectivity index (χ2v) is 7.07. The van der Waals surface area contributed by atoms with Crippen LogP contribution in [0.5, 0.6) is 0 Å². The number of carbonyl (C=O) groups excluding carboxylic acids is 1. The van der Waals surface area contributed by atoms with Crippen LogP contribution >= 0.6 is 0 Å². The molecule has 1 amide bonds. The number of nitrogens with zero attached hydrogens (tertiary/aromatic N) is 3. The Morgan fingerprint density at radius 2 is 2.16 bits per heavy atom. The van der Waals surface area contributed by atoms with Gasteiger partial charge < -0.3 is 14.5 Å². The highest BCUT2D eigenvalue weighted by Gasteiger charge is 2.32. The maximum atomic E-state index is 12.9. The van der Waals surface area contributed by atoms with Crippen molar-refractivity contribution in [2.24, 2.45) is 0 Å². The minimum atomic E-state index is -0.253. The highest BCUT2D eigenvalue weighted by atomic mass is 16.2. The number of amides is 1. The molecule has 6 heteroatoms. The summed E-state index contributed by atoms with van der Waals surface area (Å²) in [5.74, 6) is 1.36. The van der Waals surface area contributed by atoms with Gasteiger partial charge in [0.25, 0.3) is 11.5 Å². The molecule has 0 spiro atoms. The first-order valence-corrected chi connectivity index (χ1v) is 9.21. The number of H-pyrrole nitrogens is 1. The van der Waals surface area contributed by atoms with Gasteiger partial charge in [0.05, 0.1) is 6.04 Å². The highest BCUT2D eigenvalue weighted by molar-refractivity contribution is 5.94. The zero-order valence-electron chi connectivity index (χ0n) is 14.6. The van der Waals surface area contributed by atoms with E-state index in [-0.39, 0.29) is 23.1 Å². The molecule has 1 saturated carbocycles. The van der Waals surface area contributed by atoms with Crippen molar-refractivity contribution in [3.05, 3.63) is 52.0 Å². The van der Waals surface area contributed by atoms with E-state index < -0.39 is 0 Å². The molecule has 0 unspecified atom stereocenters. The van der Waals surface area contributed by atoms with Gasteiger partial charge >= 0.3 is 0 Å². The summed E-state index contributed by atoms with van der Waals surface area (Å²) in [6.07, 6.45) is 8.84. The molecule has 2 fully saturated rings. The maximum Gasteiger partial charge on any atom is 0.261 e. The van der Waals surface area contributed by atoms with Crippen LogP contribution in [0.1, 0.15) is 60.4 Å². The first kappa shape index (κ1) is 16.1. The summed E-state index contributed by atoms with van der Waals surface area (Å²) in [6, 6.07) is 3.73. The Kier molecular flexibility index (Phi) is 4.19. The van der Waals surface area contributed by atoms with E-state index in [2.05, 4.69) is 21.5 Å². The molecule has 2 aromatic heterocycles. The van der Waals surface area contributed by atoms with Gasteiger partial charge in [-0.1, -0.05) is 6.92 Å². The third kappa shape index (κ3) is 3.13. The van der Waals surface area contributed by atoms with Gasteiger partial charge in [0.1, 0.15) is 11.4 Å². The summed E-state index contributed by atoms with van der Waals surface area (Å²) in [6.45, 7) is 3.54. The van der Waals surface area contributed by atoms with Crippen molar-refractivity contribution in [2.75, 3.05) is 6.54 Å². The number of carbonyl (C=O) groups is 1. The van der Waals surface area contributed by atoms with Crippen molar-refractivity contribution in [1.82, 2.24) is 19.4 Å². The fraction of sp³-hybridized carbons (Fsp3) is 0.526. The van der Waals surface area contributed by atoms with E-state index in [0.717, 1.165) is 50.2 Å². The zero-order chi connectivity index (χ0) is 17.4. The Labute approximate surface area is 146 Å². The van der Waals surface area contributed by atoms with E-state index in [1.807, 2.05) is 17.2 Å². The van der Waals surface area contributed by atoms with Crippen LogP contribution in [0.25, 0.3) is 0 Å². The zero-order valence-corrected chi connectivity index (χ0v) is 14.6. The van der Waals surface area contributed by atoms with Crippen molar-refractivity contribution in [3.8, 4) is 0 Å². The highest BCUT2D eigenvalue weighted by Crippen LogP contribution is 2.38. The molecule has 4 rings (SSSR count).